The number of furan rings is 1. The average molecular weight is 716 g/mol. The molecule has 3 aliphatic carbocycles. The zero-order valence-electron chi connectivity index (χ0n) is 30.4. The Balaban J connectivity index is 1.07. The molecule has 0 saturated carbocycles. The van der Waals surface area contributed by atoms with Gasteiger partial charge in [0.1, 0.15) is 11.2 Å². The largest absolute Gasteiger partial charge is 0.455 e. The van der Waals surface area contributed by atoms with Crippen molar-refractivity contribution in [3.63, 3.8) is 0 Å². The molecule has 4 nitrogen and oxygen atoms in total. The van der Waals surface area contributed by atoms with Crippen molar-refractivity contribution in [2.75, 3.05) is 0 Å². The summed E-state index contributed by atoms with van der Waals surface area (Å²) in [5.41, 5.74) is 16.7. The van der Waals surface area contributed by atoms with E-state index >= 15 is 0 Å². The molecule has 0 aliphatic heterocycles. The highest BCUT2D eigenvalue weighted by Crippen LogP contribution is 2.64. The first-order chi connectivity index (χ1) is 27.8. The van der Waals surface area contributed by atoms with Gasteiger partial charge in [0.15, 0.2) is 17.5 Å². The second-order valence-corrected chi connectivity index (χ2v) is 14.9. The Hall–Kier alpha value is -7.17. The lowest BCUT2D eigenvalue weighted by molar-refractivity contribution is 0.669. The van der Waals surface area contributed by atoms with Gasteiger partial charge in [0, 0.05) is 27.5 Å². The van der Waals surface area contributed by atoms with Gasteiger partial charge in [0.2, 0.25) is 0 Å². The van der Waals surface area contributed by atoms with Gasteiger partial charge in [0.25, 0.3) is 0 Å². The Bertz CT molecular complexity index is 3150. The van der Waals surface area contributed by atoms with Gasteiger partial charge in [-0.3, -0.25) is 0 Å². The summed E-state index contributed by atoms with van der Waals surface area (Å²) in [5.74, 6) is 2.08. The van der Waals surface area contributed by atoms with Gasteiger partial charge in [-0.25, -0.2) is 15.0 Å². The molecular weight excluding hydrogens is 683 g/mol. The molecule has 1 unspecified atom stereocenters. The molecule has 3 aliphatic rings. The van der Waals surface area contributed by atoms with Crippen LogP contribution in [0, 0.1) is 0 Å². The molecule has 0 radical (unpaired) electrons. The van der Waals surface area contributed by atoms with Crippen LogP contribution in [0.5, 0.6) is 0 Å². The molecule has 7 aromatic carbocycles. The van der Waals surface area contributed by atoms with Crippen LogP contribution in [0.3, 0.4) is 0 Å². The number of hydrogen-bond acceptors (Lipinski definition) is 4. The fraction of sp³-hybridized carbons (Fsp3) is 0.0577. The van der Waals surface area contributed by atoms with E-state index in [1.54, 1.807) is 0 Å². The first kappa shape index (κ1) is 31.2. The Kier molecular flexibility index (Phi) is 6.64. The third-order valence-electron chi connectivity index (χ3n) is 12.0. The smallest absolute Gasteiger partial charge is 0.164 e. The minimum Gasteiger partial charge on any atom is -0.455 e. The fourth-order valence-corrected chi connectivity index (χ4v) is 9.65. The highest BCUT2D eigenvalue weighted by atomic mass is 16.3. The lowest BCUT2D eigenvalue weighted by Gasteiger charge is -2.30. The van der Waals surface area contributed by atoms with E-state index in [1.807, 2.05) is 24.3 Å². The van der Waals surface area contributed by atoms with Gasteiger partial charge in [-0.15, -0.1) is 0 Å². The number of rotatable bonds is 4. The fourth-order valence-electron chi connectivity index (χ4n) is 9.65. The number of fused-ring (bicyclic) bond motifs is 14. The van der Waals surface area contributed by atoms with Crippen molar-refractivity contribution in [3.8, 4) is 56.2 Å². The number of hydrogen-bond donors (Lipinski definition) is 0. The van der Waals surface area contributed by atoms with Crippen LogP contribution < -0.4 is 0 Å². The molecule has 0 saturated heterocycles. The minimum absolute atomic E-state index is 0.487. The number of benzene rings is 7. The van der Waals surface area contributed by atoms with Crippen LogP contribution in [0.4, 0.5) is 0 Å². The van der Waals surface area contributed by atoms with Crippen LogP contribution in [0.25, 0.3) is 83.7 Å². The summed E-state index contributed by atoms with van der Waals surface area (Å²) in [6.07, 6.45) is 8.30. The van der Waals surface area contributed by atoms with E-state index < -0.39 is 5.41 Å². The predicted molar refractivity (Wildman–Crippen MR) is 226 cm³/mol. The highest BCUT2D eigenvalue weighted by molar-refractivity contribution is 6.13. The third-order valence-corrected chi connectivity index (χ3v) is 12.0. The topological polar surface area (TPSA) is 51.8 Å². The molecular formula is C52H33N3O. The summed E-state index contributed by atoms with van der Waals surface area (Å²) in [6, 6.07) is 56.7. The first-order valence-corrected chi connectivity index (χ1v) is 19.3. The Morgan fingerprint density at radius 3 is 1.96 bits per heavy atom. The van der Waals surface area contributed by atoms with Gasteiger partial charge in [-0.2, -0.15) is 0 Å². The van der Waals surface area contributed by atoms with E-state index in [9.17, 15) is 0 Å². The zero-order chi connectivity index (χ0) is 36.8. The van der Waals surface area contributed by atoms with Crippen LogP contribution in [0.2, 0.25) is 0 Å². The molecule has 0 amide bonds. The van der Waals surface area contributed by atoms with Crippen LogP contribution in [0.15, 0.2) is 180 Å². The van der Waals surface area contributed by atoms with Crippen LogP contribution in [-0.4, -0.2) is 15.0 Å². The summed E-state index contributed by atoms with van der Waals surface area (Å²) >= 11 is 0. The molecule has 56 heavy (non-hydrogen) atoms. The summed E-state index contributed by atoms with van der Waals surface area (Å²) in [4.78, 5) is 15.3. The van der Waals surface area contributed by atoms with Gasteiger partial charge in [-0.1, -0.05) is 164 Å². The Labute approximate surface area is 324 Å². The molecule has 262 valence electrons. The third kappa shape index (κ3) is 4.32. The maximum absolute atomic E-state index is 6.72. The lowest BCUT2D eigenvalue weighted by atomic mass is 9.70. The molecule has 4 heteroatoms. The zero-order valence-corrected chi connectivity index (χ0v) is 30.4. The molecule has 9 aromatic rings. The number of allylic oxidation sites excluding steroid dienone is 4. The van der Waals surface area contributed by atoms with E-state index in [1.165, 1.54) is 44.5 Å². The lowest BCUT2D eigenvalue weighted by Crippen LogP contribution is -2.25. The van der Waals surface area contributed by atoms with Gasteiger partial charge < -0.3 is 4.42 Å². The second kappa shape index (κ2) is 11.9. The van der Waals surface area contributed by atoms with Gasteiger partial charge in [0.05, 0.1) is 5.41 Å². The van der Waals surface area contributed by atoms with Crippen molar-refractivity contribution in [2.24, 2.45) is 0 Å². The number of aromatic nitrogens is 3. The summed E-state index contributed by atoms with van der Waals surface area (Å²) in [7, 11) is 0. The van der Waals surface area contributed by atoms with Gasteiger partial charge >= 0.3 is 0 Å². The van der Waals surface area contributed by atoms with Crippen molar-refractivity contribution in [3.05, 3.63) is 204 Å². The Morgan fingerprint density at radius 1 is 0.464 bits per heavy atom. The summed E-state index contributed by atoms with van der Waals surface area (Å²) < 4.78 is 6.72. The molecule has 0 fully saturated rings. The second-order valence-electron chi connectivity index (χ2n) is 14.9. The van der Waals surface area contributed by atoms with E-state index in [2.05, 4.69) is 152 Å². The van der Waals surface area contributed by atoms with Crippen LogP contribution in [-0.2, 0) is 5.41 Å². The molecule has 2 heterocycles. The molecule has 0 bridgehead atoms. The molecule has 0 N–H and O–H groups in total. The highest BCUT2D eigenvalue weighted by Gasteiger charge is 2.52. The number of nitrogens with zero attached hydrogens (tertiary/aromatic N) is 3. The maximum Gasteiger partial charge on any atom is 0.164 e. The Morgan fingerprint density at radius 2 is 1.12 bits per heavy atom. The SMILES string of the molecule is C1=CCCC(c2nc(-c3ccccc3)nc(-c3ccccc3-c3ccc4c(c3)-c3ccccc3C43c4ccccc4-c4c3ccc3c4oc4ccccc43)n2)=C1. The van der Waals surface area contributed by atoms with Crippen LogP contribution >= 0.6 is 0 Å². The minimum atomic E-state index is -0.487. The van der Waals surface area contributed by atoms with Crippen LogP contribution in [0.1, 0.15) is 40.9 Å². The first-order valence-electron chi connectivity index (χ1n) is 19.3. The normalized spacial score (nSPS) is 16.2. The summed E-state index contributed by atoms with van der Waals surface area (Å²) in [5, 5.41) is 2.30. The van der Waals surface area contributed by atoms with E-state index in [4.69, 9.17) is 19.4 Å². The standard InChI is InChI=1S/C52H33N3O/c1-3-15-32(16-4-1)49-53-50(33-17-5-2-6-18-33)55-51(54-49)39-22-8-7-19-35(39)34-27-29-44-41(31-34)36-20-9-12-24-42(36)52(44)43-25-13-10-23-40(43)47-45(52)30-28-38-37-21-11-14-26-46(37)56-48(38)47/h1-5,7-17,19-31H,6,18H2. The average Bonchev–Trinajstić information content (AvgIpc) is 3.91. The van der Waals surface area contributed by atoms with Crippen molar-refractivity contribution in [1.82, 2.24) is 15.0 Å². The predicted octanol–water partition coefficient (Wildman–Crippen LogP) is 12.8. The molecule has 1 atom stereocenters. The van der Waals surface area contributed by atoms with Crippen molar-refractivity contribution in [2.45, 2.75) is 18.3 Å². The van der Waals surface area contributed by atoms with E-state index in [0.717, 1.165) is 68.4 Å². The summed E-state index contributed by atoms with van der Waals surface area (Å²) in [6.45, 7) is 0. The molecule has 1 spiro atoms. The molecule has 12 rings (SSSR count). The number of para-hydroxylation sites is 1. The quantitative estimate of drug-likeness (QED) is 0.182. The van der Waals surface area contributed by atoms with Crippen molar-refractivity contribution >= 4 is 27.5 Å². The van der Waals surface area contributed by atoms with Crippen molar-refractivity contribution in [1.29, 1.82) is 0 Å². The van der Waals surface area contributed by atoms with Crippen molar-refractivity contribution < 1.29 is 4.42 Å². The molecule has 2 aromatic heterocycles. The van der Waals surface area contributed by atoms with E-state index in [-0.39, 0.29) is 0 Å². The van der Waals surface area contributed by atoms with Gasteiger partial charge in [-0.05, 0) is 80.6 Å². The monoisotopic (exact) mass is 715 g/mol. The maximum atomic E-state index is 6.72. The van der Waals surface area contributed by atoms with E-state index in [0.29, 0.717) is 11.6 Å².